The van der Waals surface area contributed by atoms with Crippen molar-refractivity contribution in [1.82, 2.24) is 36.4 Å². The first-order chi connectivity index (χ1) is 25.9. The number of ether oxygens (including phenoxy) is 1. The Morgan fingerprint density at radius 3 is 2.22 bits per heavy atom. The number of nitrogens with zero attached hydrogens (tertiary/aromatic N) is 2. The van der Waals surface area contributed by atoms with Gasteiger partial charge in [-0.2, -0.15) is 0 Å². The minimum atomic E-state index is -1.27. The van der Waals surface area contributed by atoms with Gasteiger partial charge in [-0.1, -0.05) is 78.6 Å². The van der Waals surface area contributed by atoms with Crippen LogP contribution in [0.4, 0.5) is 4.79 Å². The first-order valence-corrected chi connectivity index (χ1v) is 20.2. The van der Waals surface area contributed by atoms with Crippen LogP contribution in [0.2, 0.25) is 0 Å². The van der Waals surface area contributed by atoms with Gasteiger partial charge in [-0.15, -0.1) is 0 Å². The molecule has 7 amide bonds. The number of nitrogens with one attached hydrogen (secondary N) is 5. The predicted octanol–water partition coefficient (Wildman–Crippen LogP) is 1.19. The summed E-state index contributed by atoms with van der Waals surface area (Å²) in [6, 6.07) is -3.55. The van der Waals surface area contributed by atoms with E-state index in [2.05, 4.69) is 33.5 Å². The minimum Gasteiger partial charge on any atom is -0.376 e. The molecule has 16 nitrogen and oxygen atoms in total. The Balaban J connectivity index is 1.97. The van der Waals surface area contributed by atoms with Gasteiger partial charge >= 0.3 is 6.03 Å². The lowest BCUT2D eigenvalue weighted by Crippen LogP contribution is -2.60. The Morgan fingerprint density at radius 1 is 0.889 bits per heavy atom. The second-order valence-corrected chi connectivity index (χ2v) is 15.1. The summed E-state index contributed by atoms with van der Waals surface area (Å²) in [4.78, 5) is 85.2. The van der Waals surface area contributed by atoms with Gasteiger partial charge in [-0.25, -0.2) is 4.79 Å². The first kappa shape index (κ1) is 44.6. The molecule has 3 aliphatic rings. The number of urea groups is 1. The molecule has 2 heterocycles. The molecule has 54 heavy (non-hydrogen) atoms. The van der Waals surface area contributed by atoms with Crippen molar-refractivity contribution in [2.24, 2.45) is 29.2 Å². The summed E-state index contributed by atoms with van der Waals surface area (Å²) in [6.07, 6.45) is 11.4. The van der Waals surface area contributed by atoms with Gasteiger partial charge in [0.15, 0.2) is 0 Å². The molecule has 3 fully saturated rings. The Morgan fingerprint density at radius 2 is 1.59 bits per heavy atom. The van der Waals surface area contributed by atoms with E-state index in [4.69, 9.17) is 16.2 Å². The zero-order valence-corrected chi connectivity index (χ0v) is 33.0. The van der Waals surface area contributed by atoms with E-state index in [1.54, 1.807) is 14.0 Å². The quantitative estimate of drug-likeness (QED) is 0.0910. The molecule has 2 saturated heterocycles. The summed E-state index contributed by atoms with van der Waals surface area (Å²) < 4.78 is 6.25. The van der Waals surface area contributed by atoms with Gasteiger partial charge in [0.25, 0.3) is 5.91 Å². The molecule has 1 aliphatic carbocycles. The molecule has 0 radical (unpaired) electrons. The van der Waals surface area contributed by atoms with E-state index in [1.807, 2.05) is 6.92 Å². The second kappa shape index (κ2) is 23.2. The minimum absolute atomic E-state index is 0.0352. The molecule has 0 unspecified atom stereocenters. The number of carbonyl (C=O) groups is 6. The summed E-state index contributed by atoms with van der Waals surface area (Å²) in [5, 5.41) is 13.5. The van der Waals surface area contributed by atoms with Crippen LogP contribution < -0.4 is 38.1 Å². The van der Waals surface area contributed by atoms with E-state index in [0.29, 0.717) is 51.7 Å². The molecule has 0 bridgehead atoms. The fraction of sp³-hybridized carbons (Fsp3) is 0.789. The van der Waals surface area contributed by atoms with Crippen LogP contribution >= 0.6 is 0 Å². The summed E-state index contributed by atoms with van der Waals surface area (Å²) in [6.45, 7) is 7.04. The fourth-order valence-corrected chi connectivity index (χ4v) is 7.40. The number of likely N-dealkylation sites (tertiary alicyclic amines) is 1. The molecule has 3 rings (SSSR count). The lowest BCUT2D eigenvalue weighted by Gasteiger charge is -2.38. The number of rotatable bonds is 11. The normalized spacial score (nSPS) is 27.4. The van der Waals surface area contributed by atoms with Crippen molar-refractivity contribution in [1.29, 1.82) is 0 Å². The van der Waals surface area contributed by atoms with Gasteiger partial charge in [0.05, 0.1) is 18.6 Å². The van der Waals surface area contributed by atoms with Crippen LogP contribution in [0.25, 0.3) is 0 Å². The standard InChI is InChI=1S/C38H67N9O7/c1-5-7-8-13-17-31-25(3)37(52)46(4)30(14-6-2)35(50)45-32(27-15-11-9-10-12-16-27)36(51)43-28(21-40)34(49)44-29(33(48)41-18-19-54-31)22-42-38(53)47-23-26(20-39)24-47/h22,25-28,30-32H,5-21,23-24,39-40H2,1-4H3,(H,41,48)(H,42,53)(H,43,51)(H,44,49)(H,45,50)/b29-22-/t25-,28+,30+,31-,32+/m1/s1. The van der Waals surface area contributed by atoms with Crippen molar-refractivity contribution in [3.05, 3.63) is 11.9 Å². The number of likely N-dealkylation sites (N-methyl/N-ethyl adjacent to an activating group) is 1. The smallest absolute Gasteiger partial charge is 0.321 e. The summed E-state index contributed by atoms with van der Waals surface area (Å²) in [7, 11) is 1.62. The van der Waals surface area contributed by atoms with Crippen molar-refractivity contribution in [3.8, 4) is 0 Å². The Bertz CT molecular complexity index is 1280. The Hall–Kier alpha value is -3.76. The highest BCUT2D eigenvalue weighted by molar-refractivity contribution is 6.00. The van der Waals surface area contributed by atoms with Gasteiger partial charge in [-0.05, 0) is 38.1 Å². The molecule has 0 aromatic heterocycles. The maximum atomic E-state index is 14.1. The Kier molecular flexibility index (Phi) is 19.2. The van der Waals surface area contributed by atoms with Crippen LogP contribution in [0.1, 0.15) is 104 Å². The van der Waals surface area contributed by atoms with Crippen molar-refractivity contribution in [3.63, 3.8) is 0 Å². The maximum absolute atomic E-state index is 14.1. The van der Waals surface area contributed by atoms with Crippen LogP contribution in [0.15, 0.2) is 11.9 Å². The highest BCUT2D eigenvalue weighted by Crippen LogP contribution is 2.27. The van der Waals surface area contributed by atoms with E-state index in [-0.39, 0.29) is 43.1 Å². The topological polar surface area (TPSA) is 230 Å². The molecule has 2 aliphatic heterocycles. The first-order valence-electron chi connectivity index (χ1n) is 20.2. The largest absolute Gasteiger partial charge is 0.376 e. The lowest BCUT2D eigenvalue weighted by molar-refractivity contribution is -0.147. The summed E-state index contributed by atoms with van der Waals surface area (Å²) in [5.74, 6) is -3.35. The number of carbonyl (C=O) groups excluding carboxylic acids is 6. The van der Waals surface area contributed by atoms with Gasteiger partial charge < -0.3 is 52.6 Å². The highest BCUT2D eigenvalue weighted by atomic mass is 16.5. The van der Waals surface area contributed by atoms with Crippen LogP contribution in [0.5, 0.6) is 0 Å². The zero-order chi connectivity index (χ0) is 39.6. The Labute approximate surface area is 321 Å². The van der Waals surface area contributed by atoms with Gasteiger partial charge in [-0.3, -0.25) is 24.0 Å². The predicted molar refractivity (Wildman–Crippen MR) is 205 cm³/mol. The van der Waals surface area contributed by atoms with Crippen molar-refractivity contribution in [2.45, 2.75) is 128 Å². The van der Waals surface area contributed by atoms with Crippen molar-refractivity contribution >= 4 is 35.6 Å². The maximum Gasteiger partial charge on any atom is 0.321 e. The highest BCUT2D eigenvalue weighted by Gasteiger charge is 2.38. The average Bonchev–Trinajstić information content (AvgIpc) is 3.43. The third kappa shape index (κ3) is 13.2. The van der Waals surface area contributed by atoms with E-state index in [1.165, 1.54) is 9.80 Å². The third-order valence-corrected chi connectivity index (χ3v) is 10.9. The SMILES string of the molecule is CCCCCC[C@H]1OCCNC(=O)/C(=C/NC(=O)N2CC(CN)C2)NC(=O)[C@H](CN)NC(=O)[C@H](C2CCCCCC2)NC(=O)[C@H](CCC)N(C)C(=O)[C@@H]1C. The molecular weight excluding hydrogens is 694 g/mol. The van der Waals surface area contributed by atoms with Crippen LogP contribution in [0, 0.1) is 17.8 Å². The summed E-state index contributed by atoms with van der Waals surface area (Å²) >= 11 is 0. The molecule has 16 heteroatoms. The number of amides is 7. The third-order valence-electron chi connectivity index (χ3n) is 10.9. The molecule has 0 aromatic rings. The second-order valence-electron chi connectivity index (χ2n) is 15.1. The van der Waals surface area contributed by atoms with Crippen LogP contribution in [0.3, 0.4) is 0 Å². The fourth-order valence-electron chi connectivity index (χ4n) is 7.40. The van der Waals surface area contributed by atoms with Gasteiger partial charge in [0.2, 0.25) is 23.6 Å². The van der Waals surface area contributed by atoms with Crippen molar-refractivity contribution in [2.75, 3.05) is 46.4 Å². The molecule has 0 spiro atoms. The molecule has 5 atom stereocenters. The molecular formula is C38H67N9O7. The van der Waals surface area contributed by atoms with Crippen LogP contribution in [-0.2, 0) is 28.7 Å². The monoisotopic (exact) mass is 762 g/mol. The molecule has 9 N–H and O–H groups in total. The number of nitrogens with two attached hydrogens (primary N) is 2. The van der Waals surface area contributed by atoms with Gasteiger partial charge in [0, 0.05) is 45.3 Å². The van der Waals surface area contributed by atoms with E-state index >= 15 is 0 Å². The summed E-state index contributed by atoms with van der Waals surface area (Å²) in [5.41, 5.74) is 11.4. The van der Waals surface area contributed by atoms with E-state index in [0.717, 1.165) is 57.6 Å². The van der Waals surface area contributed by atoms with E-state index < -0.39 is 59.8 Å². The number of hydrogen-bond acceptors (Lipinski definition) is 9. The average molecular weight is 762 g/mol. The van der Waals surface area contributed by atoms with Crippen molar-refractivity contribution < 1.29 is 33.5 Å². The molecule has 0 aromatic carbocycles. The zero-order valence-electron chi connectivity index (χ0n) is 33.0. The lowest BCUT2D eigenvalue weighted by atomic mass is 9.90. The van der Waals surface area contributed by atoms with E-state index in [9.17, 15) is 28.8 Å². The molecule has 1 saturated carbocycles. The number of unbranched alkanes of at least 4 members (excludes halogenated alkanes) is 3. The number of hydrogen-bond donors (Lipinski definition) is 7. The van der Waals surface area contributed by atoms with Crippen LogP contribution in [-0.4, -0.2) is 116 Å². The van der Waals surface area contributed by atoms with Gasteiger partial charge in [0.1, 0.15) is 23.8 Å². The molecule has 306 valence electrons.